The van der Waals surface area contributed by atoms with Crippen LogP contribution in [0.2, 0.25) is 0 Å². The Bertz CT molecular complexity index is 144. The molecule has 0 bridgehead atoms. The Morgan fingerprint density at radius 2 is 1.62 bits per heavy atom. The van der Waals surface area contributed by atoms with Crippen molar-refractivity contribution in [1.82, 2.24) is 0 Å². The highest BCUT2D eigenvalue weighted by Gasteiger charge is 2.25. The largest absolute Gasteiger partial charge is 0.384 e. The quantitative estimate of drug-likeness (QED) is 0.548. The predicted molar refractivity (Wildman–Crippen MR) is 71.6 cm³/mol. The Balaban J connectivity index is 3.67. The number of unbranched alkanes of at least 4 members (excludes halogenated alkanes) is 5. The van der Waals surface area contributed by atoms with E-state index in [4.69, 9.17) is 10.5 Å². The smallest absolute Gasteiger partial charge is 0.0530 e. The molecular formula is C14H31NO. The fourth-order valence-electron chi connectivity index (χ4n) is 2.24. The lowest BCUT2D eigenvalue weighted by molar-refractivity contribution is 0.0725. The minimum Gasteiger partial charge on any atom is -0.384 e. The summed E-state index contributed by atoms with van der Waals surface area (Å²) in [4.78, 5) is 0. The minimum absolute atomic E-state index is 0.236. The number of hydrogen-bond acceptors (Lipinski definition) is 2. The van der Waals surface area contributed by atoms with Gasteiger partial charge in [0, 0.05) is 19.1 Å². The molecule has 0 radical (unpaired) electrons. The summed E-state index contributed by atoms with van der Waals surface area (Å²) in [5.41, 5.74) is 6.12. The van der Waals surface area contributed by atoms with Gasteiger partial charge in [0.25, 0.3) is 0 Å². The zero-order valence-corrected chi connectivity index (χ0v) is 11.6. The van der Waals surface area contributed by atoms with E-state index in [0.717, 1.165) is 19.6 Å². The van der Waals surface area contributed by atoms with Crippen LogP contribution in [0.5, 0.6) is 0 Å². The van der Waals surface area contributed by atoms with Crippen LogP contribution in [0, 0.1) is 5.41 Å². The molecule has 98 valence electrons. The third-order valence-electron chi connectivity index (χ3n) is 3.69. The van der Waals surface area contributed by atoms with Gasteiger partial charge in [-0.1, -0.05) is 52.4 Å². The minimum atomic E-state index is 0.236. The van der Waals surface area contributed by atoms with Crippen LogP contribution in [0.1, 0.15) is 65.2 Å². The normalized spacial score (nSPS) is 15.0. The molecule has 2 nitrogen and oxygen atoms in total. The van der Waals surface area contributed by atoms with Crippen molar-refractivity contribution < 1.29 is 4.74 Å². The lowest BCUT2D eigenvalue weighted by Crippen LogP contribution is -2.34. The van der Waals surface area contributed by atoms with Crippen LogP contribution < -0.4 is 5.73 Å². The van der Waals surface area contributed by atoms with Gasteiger partial charge in [0.1, 0.15) is 0 Å². The average Bonchev–Trinajstić information content (AvgIpc) is 2.32. The summed E-state index contributed by atoms with van der Waals surface area (Å²) in [7, 11) is 1.78. The number of ether oxygens (including phenoxy) is 1. The molecule has 0 saturated carbocycles. The molecule has 0 rings (SSSR count). The summed E-state index contributed by atoms with van der Waals surface area (Å²) < 4.78 is 5.30. The summed E-state index contributed by atoms with van der Waals surface area (Å²) in [6.07, 6.45) is 10.5. The second kappa shape index (κ2) is 10.1. The van der Waals surface area contributed by atoms with Gasteiger partial charge in [-0.15, -0.1) is 0 Å². The zero-order valence-electron chi connectivity index (χ0n) is 11.6. The first kappa shape index (κ1) is 15.9. The van der Waals surface area contributed by atoms with Gasteiger partial charge in [0.2, 0.25) is 0 Å². The third-order valence-corrected chi connectivity index (χ3v) is 3.69. The fourth-order valence-corrected chi connectivity index (χ4v) is 2.24. The molecule has 2 heteroatoms. The van der Waals surface area contributed by atoms with Gasteiger partial charge < -0.3 is 10.5 Å². The SMILES string of the molecule is CCCCCCCCC(CC)(CN)COC. The maximum absolute atomic E-state index is 5.89. The van der Waals surface area contributed by atoms with E-state index >= 15 is 0 Å². The van der Waals surface area contributed by atoms with Crippen molar-refractivity contribution in [3.8, 4) is 0 Å². The summed E-state index contributed by atoms with van der Waals surface area (Å²) in [5.74, 6) is 0. The zero-order chi connectivity index (χ0) is 12.3. The van der Waals surface area contributed by atoms with Gasteiger partial charge in [-0.3, -0.25) is 0 Å². The van der Waals surface area contributed by atoms with Crippen molar-refractivity contribution in [2.75, 3.05) is 20.3 Å². The first-order chi connectivity index (χ1) is 7.74. The van der Waals surface area contributed by atoms with Gasteiger partial charge in [-0.2, -0.15) is 0 Å². The maximum atomic E-state index is 5.89. The number of methoxy groups -OCH3 is 1. The Morgan fingerprint density at radius 1 is 1.00 bits per heavy atom. The monoisotopic (exact) mass is 229 g/mol. The third kappa shape index (κ3) is 6.49. The molecule has 0 spiro atoms. The topological polar surface area (TPSA) is 35.2 Å². The van der Waals surface area contributed by atoms with E-state index in [0.29, 0.717) is 0 Å². The first-order valence-corrected chi connectivity index (χ1v) is 6.93. The summed E-state index contributed by atoms with van der Waals surface area (Å²) >= 11 is 0. The first-order valence-electron chi connectivity index (χ1n) is 6.93. The Hall–Kier alpha value is -0.0800. The van der Waals surface area contributed by atoms with E-state index in [1.807, 2.05) is 0 Å². The maximum Gasteiger partial charge on any atom is 0.0530 e. The molecule has 0 aliphatic heterocycles. The number of nitrogens with two attached hydrogens (primary N) is 1. The van der Waals surface area contributed by atoms with E-state index in [9.17, 15) is 0 Å². The van der Waals surface area contributed by atoms with Crippen molar-refractivity contribution in [3.05, 3.63) is 0 Å². The molecule has 0 aliphatic rings. The predicted octanol–water partition coefficient (Wildman–Crippen LogP) is 3.74. The molecule has 0 aromatic rings. The van der Waals surface area contributed by atoms with Crippen LogP contribution in [-0.4, -0.2) is 20.3 Å². The van der Waals surface area contributed by atoms with Crippen LogP contribution in [-0.2, 0) is 4.74 Å². The van der Waals surface area contributed by atoms with Crippen LogP contribution in [0.3, 0.4) is 0 Å². The molecule has 0 saturated heterocycles. The van der Waals surface area contributed by atoms with Crippen LogP contribution >= 0.6 is 0 Å². The van der Waals surface area contributed by atoms with E-state index in [2.05, 4.69) is 13.8 Å². The number of rotatable bonds is 11. The van der Waals surface area contributed by atoms with Gasteiger partial charge in [0.15, 0.2) is 0 Å². The van der Waals surface area contributed by atoms with Crippen molar-refractivity contribution >= 4 is 0 Å². The molecule has 0 heterocycles. The molecule has 0 amide bonds. The summed E-state index contributed by atoms with van der Waals surface area (Å²) in [6.45, 7) is 6.05. The van der Waals surface area contributed by atoms with Gasteiger partial charge in [0.05, 0.1) is 6.61 Å². The van der Waals surface area contributed by atoms with E-state index in [1.165, 1.54) is 44.9 Å². The molecule has 0 aromatic carbocycles. The molecule has 2 N–H and O–H groups in total. The molecule has 1 atom stereocenters. The van der Waals surface area contributed by atoms with Gasteiger partial charge >= 0.3 is 0 Å². The van der Waals surface area contributed by atoms with Gasteiger partial charge in [-0.05, 0) is 12.8 Å². The van der Waals surface area contributed by atoms with Crippen molar-refractivity contribution in [2.24, 2.45) is 11.1 Å². The highest BCUT2D eigenvalue weighted by molar-refractivity contribution is 4.78. The number of hydrogen-bond donors (Lipinski definition) is 1. The molecule has 0 aromatic heterocycles. The highest BCUT2D eigenvalue weighted by Crippen LogP contribution is 2.28. The Kier molecular flexibility index (Phi) is 10.0. The second-order valence-corrected chi connectivity index (χ2v) is 5.01. The van der Waals surface area contributed by atoms with E-state index in [1.54, 1.807) is 7.11 Å². The van der Waals surface area contributed by atoms with Gasteiger partial charge in [-0.25, -0.2) is 0 Å². The van der Waals surface area contributed by atoms with Crippen LogP contribution in [0.25, 0.3) is 0 Å². The molecule has 1 unspecified atom stereocenters. The molecular weight excluding hydrogens is 198 g/mol. The van der Waals surface area contributed by atoms with Crippen molar-refractivity contribution in [1.29, 1.82) is 0 Å². The van der Waals surface area contributed by atoms with Crippen LogP contribution in [0.4, 0.5) is 0 Å². The van der Waals surface area contributed by atoms with Crippen molar-refractivity contribution in [2.45, 2.75) is 65.2 Å². The standard InChI is InChI=1S/C14H31NO/c1-4-6-7-8-9-10-11-14(5-2,12-15)13-16-3/h4-13,15H2,1-3H3. The Morgan fingerprint density at radius 3 is 2.12 bits per heavy atom. The Labute approximate surface area is 102 Å². The lowest BCUT2D eigenvalue weighted by Gasteiger charge is -2.30. The van der Waals surface area contributed by atoms with Crippen molar-refractivity contribution in [3.63, 3.8) is 0 Å². The summed E-state index contributed by atoms with van der Waals surface area (Å²) in [6, 6.07) is 0. The fraction of sp³-hybridized carbons (Fsp3) is 1.00. The lowest BCUT2D eigenvalue weighted by atomic mass is 9.81. The van der Waals surface area contributed by atoms with E-state index < -0.39 is 0 Å². The molecule has 16 heavy (non-hydrogen) atoms. The van der Waals surface area contributed by atoms with E-state index in [-0.39, 0.29) is 5.41 Å². The summed E-state index contributed by atoms with van der Waals surface area (Å²) in [5, 5.41) is 0. The molecule has 0 aliphatic carbocycles. The van der Waals surface area contributed by atoms with Crippen LogP contribution in [0.15, 0.2) is 0 Å². The molecule has 0 fully saturated rings. The highest BCUT2D eigenvalue weighted by atomic mass is 16.5. The average molecular weight is 229 g/mol. The second-order valence-electron chi connectivity index (χ2n) is 5.01.